The minimum Gasteiger partial charge on any atom is -0.479 e. The summed E-state index contributed by atoms with van der Waals surface area (Å²) in [4.78, 5) is 10.3. The Morgan fingerprint density at radius 1 is 1.45 bits per heavy atom. The van der Waals surface area contributed by atoms with E-state index in [9.17, 15) is 9.90 Å². The molecule has 0 fully saturated rings. The summed E-state index contributed by atoms with van der Waals surface area (Å²) in [5.74, 6) is -1.38. The molecule has 0 aliphatic heterocycles. The molecule has 4 nitrogen and oxygen atoms in total. The van der Waals surface area contributed by atoms with Crippen molar-refractivity contribution in [1.82, 2.24) is 0 Å². The molecule has 0 aromatic carbocycles. The number of rotatable bonds is 4. The number of hydrogen-bond acceptors (Lipinski definition) is 3. The number of aliphatic hydroxyl groups is 2. The summed E-state index contributed by atoms with van der Waals surface area (Å²) >= 11 is 0. The van der Waals surface area contributed by atoms with E-state index in [0.717, 1.165) is 0 Å². The fourth-order valence-electron chi connectivity index (χ4n) is 0.867. The molecule has 3 N–H and O–H groups in total. The van der Waals surface area contributed by atoms with E-state index in [2.05, 4.69) is 0 Å². The van der Waals surface area contributed by atoms with Crippen LogP contribution in [0.4, 0.5) is 0 Å². The molecule has 66 valence electrons. The van der Waals surface area contributed by atoms with Crippen LogP contribution in [-0.4, -0.2) is 33.0 Å². The van der Waals surface area contributed by atoms with E-state index in [1.54, 1.807) is 13.8 Å². The van der Waals surface area contributed by atoms with E-state index in [-0.39, 0.29) is 12.8 Å². The van der Waals surface area contributed by atoms with Gasteiger partial charge in [0, 0.05) is 0 Å². The normalized spacial score (nSPS) is 14.5. The van der Waals surface area contributed by atoms with E-state index < -0.39 is 17.7 Å². The van der Waals surface area contributed by atoms with Crippen molar-refractivity contribution in [2.45, 2.75) is 38.4 Å². The number of carbonyl (C=O) groups is 1. The summed E-state index contributed by atoms with van der Waals surface area (Å²) in [5, 5.41) is 26.8. The van der Waals surface area contributed by atoms with Crippen molar-refractivity contribution in [3.63, 3.8) is 0 Å². The summed E-state index contributed by atoms with van der Waals surface area (Å²) in [6.45, 7) is 3.27. The largest absolute Gasteiger partial charge is 0.479 e. The molecule has 1 unspecified atom stereocenters. The number of carboxylic acid groups (broad SMARTS) is 1. The quantitative estimate of drug-likeness (QED) is 0.543. The monoisotopic (exact) mass is 162 g/mol. The Hall–Kier alpha value is -0.610. The van der Waals surface area contributed by atoms with E-state index in [0.29, 0.717) is 0 Å². The molecule has 0 rings (SSSR count). The third kappa shape index (κ3) is 2.17. The first-order chi connectivity index (χ1) is 4.98. The third-order valence-electron chi connectivity index (χ3n) is 1.97. The van der Waals surface area contributed by atoms with Crippen LogP contribution < -0.4 is 0 Å². The third-order valence-corrected chi connectivity index (χ3v) is 1.97. The van der Waals surface area contributed by atoms with Crippen molar-refractivity contribution >= 4 is 5.97 Å². The maximum absolute atomic E-state index is 10.3. The highest BCUT2D eigenvalue weighted by Gasteiger charge is 2.36. The lowest BCUT2D eigenvalue weighted by molar-refractivity contribution is -0.164. The van der Waals surface area contributed by atoms with Gasteiger partial charge in [-0.2, -0.15) is 0 Å². The average molecular weight is 162 g/mol. The van der Waals surface area contributed by atoms with E-state index in [4.69, 9.17) is 10.2 Å². The minimum atomic E-state index is -1.68. The van der Waals surface area contributed by atoms with Crippen molar-refractivity contribution < 1.29 is 20.1 Å². The van der Waals surface area contributed by atoms with Gasteiger partial charge < -0.3 is 15.3 Å². The van der Waals surface area contributed by atoms with Gasteiger partial charge in [0.25, 0.3) is 0 Å². The lowest BCUT2D eigenvalue weighted by Gasteiger charge is -2.27. The highest BCUT2D eigenvalue weighted by atomic mass is 16.4. The molecular formula is C7H14O4. The lowest BCUT2D eigenvalue weighted by atomic mass is 9.91. The van der Waals surface area contributed by atoms with Crippen molar-refractivity contribution in [3.8, 4) is 0 Å². The first-order valence-electron chi connectivity index (χ1n) is 3.61. The van der Waals surface area contributed by atoms with Crippen LogP contribution in [0.1, 0.15) is 26.7 Å². The van der Waals surface area contributed by atoms with Gasteiger partial charge in [-0.25, -0.2) is 4.79 Å². The molecule has 4 heteroatoms. The van der Waals surface area contributed by atoms with Gasteiger partial charge in [-0.15, -0.1) is 0 Å². The van der Waals surface area contributed by atoms with Gasteiger partial charge >= 0.3 is 5.97 Å². The predicted octanol–water partition coefficient (Wildman–Crippen LogP) is -0.0170. The molecule has 0 aliphatic carbocycles. The molecule has 0 bridgehead atoms. The molecule has 0 spiro atoms. The first-order valence-corrected chi connectivity index (χ1v) is 3.61. The highest BCUT2D eigenvalue weighted by Crippen LogP contribution is 2.19. The summed E-state index contributed by atoms with van der Waals surface area (Å²) in [6.07, 6.45) is -1.22. The molecule has 0 radical (unpaired) electrons. The second-order valence-corrected chi connectivity index (χ2v) is 2.55. The molecular weight excluding hydrogens is 148 g/mol. The number of aliphatic hydroxyl groups excluding tert-OH is 1. The SMILES string of the molecule is CCC(O)(CC)C(O)C(=O)O. The summed E-state index contributed by atoms with van der Waals surface area (Å²) in [6, 6.07) is 0. The second-order valence-electron chi connectivity index (χ2n) is 2.55. The molecule has 1 atom stereocenters. The fourth-order valence-corrected chi connectivity index (χ4v) is 0.867. The molecule has 0 amide bonds. The molecule has 0 saturated heterocycles. The van der Waals surface area contributed by atoms with Crippen LogP contribution in [0.5, 0.6) is 0 Å². The Labute approximate surface area is 65.5 Å². The Bertz CT molecular complexity index is 139. The van der Waals surface area contributed by atoms with Gasteiger partial charge in [-0.05, 0) is 12.8 Å². The summed E-state index contributed by atoms with van der Waals surface area (Å²) < 4.78 is 0. The Kier molecular flexibility index (Phi) is 3.48. The van der Waals surface area contributed by atoms with Crippen molar-refractivity contribution in [3.05, 3.63) is 0 Å². The van der Waals surface area contributed by atoms with Crippen molar-refractivity contribution in [2.75, 3.05) is 0 Å². The topological polar surface area (TPSA) is 77.8 Å². The highest BCUT2D eigenvalue weighted by molar-refractivity contribution is 5.73. The van der Waals surface area contributed by atoms with Gasteiger partial charge in [0.05, 0.1) is 0 Å². The molecule has 0 saturated carbocycles. The van der Waals surface area contributed by atoms with Crippen molar-refractivity contribution in [1.29, 1.82) is 0 Å². The maximum atomic E-state index is 10.3. The zero-order valence-electron chi connectivity index (χ0n) is 6.74. The Balaban J connectivity index is 4.36. The number of aliphatic carboxylic acids is 1. The van der Waals surface area contributed by atoms with Crippen LogP contribution in [0, 0.1) is 0 Å². The Morgan fingerprint density at radius 2 is 1.82 bits per heavy atom. The van der Waals surface area contributed by atoms with Crippen LogP contribution in [0.3, 0.4) is 0 Å². The van der Waals surface area contributed by atoms with Crippen LogP contribution in [0.2, 0.25) is 0 Å². The lowest BCUT2D eigenvalue weighted by Crippen LogP contribution is -2.46. The number of carboxylic acids is 1. The minimum absolute atomic E-state index is 0.233. The number of hydrogen-bond donors (Lipinski definition) is 3. The summed E-state index contributed by atoms with van der Waals surface area (Å²) in [5.41, 5.74) is -1.48. The van der Waals surface area contributed by atoms with E-state index in [1.165, 1.54) is 0 Å². The first kappa shape index (κ1) is 10.4. The van der Waals surface area contributed by atoms with Gasteiger partial charge in [0.2, 0.25) is 0 Å². The Morgan fingerprint density at radius 3 is 1.91 bits per heavy atom. The van der Waals surface area contributed by atoms with Crippen LogP contribution >= 0.6 is 0 Å². The van der Waals surface area contributed by atoms with Gasteiger partial charge in [-0.1, -0.05) is 13.8 Å². The smallest absolute Gasteiger partial charge is 0.335 e. The van der Waals surface area contributed by atoms with Gasteiger partial charge in [0.15, 0.2) is 6.10 Å². The van der Waals surface area contributed by atoms with E-state index >= 15 is 0 Å². The molecule has 0 aromatic rings. The predicted molar refractivity (Wildman–Crippen MR) is 39.2 cm³/mol. The van der Waals surface area contributed by atoms with Gasteiger partial charge in [0.1, 0.15) is 5.60 Å². The maximum Gasteiger partial charge on any atom is 0.335 e. The fraction of sp³-hybridized carbons (Fsp3) is 0.857. The summed E-state index contributed by atoms with van der Waals surface area (Å²) in [7, 11) is 0. The molecule has 0 heterocycles. The molecule has 0 aromatic heterocycles. The zero-order chi connectivity index (χ0) is 9.07. The average Bonchev–Trinajstić information content (AvgIpc) is 2.01. The standard InChI is InChI=1S/C7H14O4/c1-3-7(11,4-2)5(8)6(9)10/h5,8,11H,3-4H2,1-2H3,(H,9,10). The molecule has 0 aliphatic rings. The van der Waals surface area contributed by atoms with Crippen molar-refractivity contribution in [2.24, 2.45) is 0 Å². The zero-order valence-corrected chi connectivity index (χ0v) is 6.74. The van der Waals surface area contributed by atoms with Crippen LogP contribution in [0.15, 0.2) is 0 Å². The second kappa shape index (κ2) is 3.69. The van der Waals surface area contributed by atoms with Crippen LogP contribution in [0.25, 0.3) is 0 Å². The van der Waals surface area contributed by atoms with Crippen LogP contribution in [-0.2, 0) is 4.79 Å². The van der Waals surface area contributed by atoms with Gasteiger partial charge in [-0.3, -0.25) is 0 Å². The molecule has 11 heavy (non-hydrogen) atoms. The van der Waals surface area contributed by atoms with E-state index in [1.807, 2.05) is 0 Å².